The van der Waals surface area contributed by atoms with E-state index in [1.165, 1.54) is 0 Å². The first-order valence-corrected chi connectivity index (χ1v) is 7.80. The highest BCUT2D eigenvalue weighted by atomic mass is 35.5. The Kier molecular flexibility index (Phi) is 8.01. The number of hydrogen-bond donors (Lipinski definition) is 0. The third-order valence-electron chi connectivity index (χ3n) is 3.35. The van der Waals surface area contributed by atoms with E-state index in [9.17, 15) is 0 Å². The molecule has 5 heteroatoms. The lowest BCUT2D eigenvalue weighted by Crippen LogP contribution is -2.46. The SMILES string of the molecule is CC(C)Oc1cccc(OCCN2CC(C)OC(C)C2)c1.Cl. The van der Waals surface area contributed by atoms with Crippen molar-refractivity contribution in [3.8, 4) is 11.5 Å². The van der Waals surface area contributed by atoms with Crippen molar-refractivity contribution in [2.75, 3.05) is 26.2 Å². The summed E-state index contributed by atoms with van der Waals surface area (Å²) in [5, 5.41) is 0. The molecule has 1 fully saturated rings. The molecule has 1 saturated heterocycles. The van der Waals surface area contributed by atoms with Crippen LogP contribution in [0.5, 0.6) is 11.5 Å². The largest absolute Gasteiger partial charge is 0.492 e. The maximum absolute atomic E-state index is 5.84. The van der Waals surface area contributed by atoms with Gasteiger partial charge in [-0.15, -0.1) is 12.4 Å². The first kappa shape index (κ1) is 19.1. The molecule has 22 heavy (non-hydrogen) atoms. The Hall–Kier alpha value is -0.970. The molecule has 1 aliphatic heterocycles. The zero-order valence-corrected chi connectivity index (χ0v) is 14.8. The Morgan fingerprint density at radius 2 is 1.82 bits per heavy atom. The number of ether oxygens (including phenoxy) is 3. The lowest BCUT2D eigenvalue weighted by atomic mass is 10.2. The molecule has 0 N–H and O–H groups in total. The highest BCUT2D eigenvalue weighted by Gasteiger charge is 2.21. The molecular formula is C17H28ClNO3. The van der Waals surface area contributed by atoms with Crippen LogP contribution in [-0.2, 0) is 4.74 Å². The molecule has 2 unspecified atom stereocenters. The minimum absolute atomic E-state index is 0. The van der Waals surface area contributed by atoms with Gasteiger partial charge in [-0.1, -0.05) is 6.07 Å². The molecule has 1 aromatic carbocycles. The van der Waals surface area contributed by atoms with E-state index in [2.05, 4.69) is 18.7 Å². The van der Waals surface area contributed by atoms with Gasteiger partial charge in [0.25, 0.3) is 0 Å². The Bertz CT molecular complexity index is 432. The summed E-state index contributed by atoms with van der Waals surface area (Å²) < 4.78 is 17.2. The van der Waals surface area contributed by atoms with Gasteiger partial charge in [-0.05, 0) is 39.8 Å². The van der Waals surface area contributed by atoms with Crippen LogP contribution in [0.15, 0.2) is 24.3 Å². The molecule has 0 spiro atoms. The third kappa shape index (κ3) is 6.42. The number of halogens is 1. The number of benzene rings is 1. The lowest BCUT2D eigenvalue weighted by molar-refractivity contribution is -0.0699. The second-order valence-electron chi connectivity index (χ2n) is 6.01. The fourth-order valence-electron chi connectivity index (χ4n) is 2.67. The molecule has 0 amide bonds. The van der Waals surface area contributed by atoms with Gasteiger partial charge in [0, 0.05) is 25.7 Å². The van der Waals surface area contributed by atoms with Gasteiger partial charge in [-0.3, -0.25) is 4.90 Å². The van der Waals surface area contributed by atoms with Gasteiger partial charge < -0.3 is 14.2 Å². The zero-order chi connectivity index (χ0) is 15.2. The first-order valence-electron chi connectivity index (χ1n) is 7.80. The monoisotopic (exact) mass is 329 g/mol. The highest BCUT2D eigenvalue weighted by Crippen LogP contribution is 2.20. The molecular weight excluding hydrogens is 302 g/mol. The summed E-state index contributed by atoms with van der Waals surface area (Å²) in [6.07, 6.45) is 0.782. The van der Waals surface area contributed by atoms with Crippen molar-refractivity contribution >= 4 is 12.4 Å². The molecule has 0 bridgehead atoms. The molecule has 1 heterocycles. The minimum Gasteiger partial charge on any atom is -0.492 e. The van der Waals surface area contributed by atoms with Gasteiger partial charge in [-0.2, -0.15) is 0 Å². The van der Waals surface area contributed by atoms with Crippen LogP contribution < -0.4 is 9.47 Å². The Balaban J connectivity index is 0.00000242. The van der Waals surface area contributed by atoms with Crippen molar-refractivity contribution in [3.05, 3.63) is 24.3 Å². The van der Waals surface area contributed by atoms with Crippen LogP contribution in [0.25, 0.3) is 0 Å². The Labute approximate surface area is 140 Å². The number of rotatable bonds is 6. The van der Waals surface area contributed by atoms with Crippen LogP contribution in [0.1, 0.15) is 27.7 Å². The van der Waals surface area contributed by atoms with Crippen molar-refractivity contribution in [2.45, 2.75) is 46.0 Å². The Morgan fingerprint density at radius 1 is 1.18 bits per heavy atom. The van der Waals surface area contributed by atoms with E-state index in [-0.39, 0.29) is 18.5 Å². The first-order chi connectivity index (χ1) is 10.0. The van der Waals surface area contributed by atoms with Crippen molar-refractivity contribution in [1.29, 1.82) is 0 Å². The van der Waals surface area contributed by atoms with Gasteiger partial charge >= 0.3 is 0 Å². The molecule has 1 aliphatic rings. The van der Waals surface area contributed by atoms with E-state index < -0.39 is 0 Å². The molecule has 1 aromatic rings. The second kappa shape index (κ2) is 9.23. The summed E-state index contributed by atoms with van der Waals surface area (Å²) in [5.74, 6) is 1.72. The number of morpholine rings is 1. The Morgan fingerprint density at radius 3 is 2.45 bits per heavy atom. The molecule has 0 aromatic heterocycles. The summed E-state index contributed by atoms with van der Waals surface area (Å²) in [4.78, 5) is 2.40. The van der Waals surface area contributed by atoms with E-state index in [4.69, 9.17) is 14.2 Å². The topological polar surface area (TPSA) is 30.9 Å². The minimum atomic E-state index is 0. The van der Waals surface area contributed by atoms with Gasteiger partial charge in [-0.25, -0.2) is 0 Å². The molecule has 4 nitrogen and oxygen atoms in total. The van der Waals surface area contributed by atoms with Crippen LogP contribution in [0, 0.1) is 0 Å². The average molecular weight is 330 g/mol. The van der Waals surface area contributed by atoms with Crippen LogP contribution in [0.3, 0.4) is 0 Å². The molecule has 126 valence electrons. The molecule has 0 aliphatic carbocycles. The van der Waals surface area contributed by atoms with Crippen molar-refractivity contribution in [3.63, 3.8) is 0 Å². The summed E-state index contributed by atoms with van der Waals surface area (Å²) in [6.45, 7) is 11.8. The summed E-state index contributed by atoms with van der Waals surface area (Å²) >= 11 is 0. The smallest absolute Gasteiger partial charge is 0.123 e. The molecule has 2 rings (SSSR count). The van der Waals surface area contributed by atoms with E-state index in [1.807, 2.05) is 38.1 Å². The maximum atomic E-state index is 5.84. The van der Waals surface area contributed by atoms with E-state index >= 15 is 0 Å². The summed E-state index contributed by atoms with van der Waals surface area (Å²) in [6, 6.07) is 7.84. The van der Waals surface area contributed by atoms with Gasteiger partial charge in [0.05, 0.1) is 18.3 Å². The summed E-state index contributed by atoms with van der Waals surface area (Å²) in [5.41, 5.74) is 0. The predicted octanol–water partition coefficient (Wildman–Crippen LogP) is 3.38. The number of hydrogen-bond acceptors (Lipinski definition) is 4. The van der Waals surface area contributed by atoms with Crippen LogP contribution >= 0.6 is 12.4 Å². The van der Waals surface area contributed by atoms with Crippen LogP contribution in [-0.4, -0.2) is 49.5 Å². The molecule has 0 radical (unpaired) electrons. The van der Waals surface area contributed by atoms with Gasteiger partial charge in [0.15, 0.2) is 0 Å². The second-order valence-corrected chi connectivity index (χ2v) is 6.01. The van der Waals surface area contributed by atoms with E-state index in [1.54, 1.807) is 0 Å². The van der Waals surface area contributed by atoms with Crippen molar-refractivity contribution in [2.24, 2.45) is 0 Å². The summed E-state index contributed by atoms with van der Waals surface area (Å²) in [7, 11) is 0. The fourth-order valence-corrected chi connectivity index (χ4v) is 2.67. The van der Waals surface area contributed by atoms with Crippen molar-refractivity contribution < 1.29 is 14.2 Å². The van der Waals surface area contributed by atoms with Gasteiger partial charge in [0.2, 0.25) is 0 Å². The lowest BCUT2D eigenvalue weighted by Gasteiger charge is -2.35. The zero-order valence-electron chi connectivity index (χ0n) is 14.0. The van der Waals surface area contributed by atoms with E-state index in [0.29, 0.717) is 18.8 Å². The van der Waals surface area contributed by atoms with Crippen LogP contribution in [0.4, 0.5) is 0 Å². The standard InChI is InChI=1S/C17H27NO3.ClH/c1-13(2)20-17-7-5-6-16(10-17)19-9-8-18-11-14(3)21-15(4)12-18;/h5-7,10,13-15H,8-9,11-12H2,1-4H3;1H. The fraction of sp³-hybridized carbons (Fsp3) is 0.647. The molecule has 0 saturated carbocycles. The predicted molar refractivity (Wildman–Crippen MR) is 91.4 cm³/mol. The maximum Gasteiger partial charge on any atom is 0.123 e. The quantitative estimate of drug-likeness (QED) is 0.800. The average Bonchev–Trinajstić information content (AvgIpc) is 2.37. The third-order valence-corrected chi connectivity index (χ3v) is 3.35. The van der Waals surface area contributed by atoms with Crippen molar-refractivity contribution in [1.82, 2.24) is 4.90 Å². The number of nitrogens with zero attached hydrogens (tertiary/aromatic N) is 1. The molecule has 2 atom stereocenters. The van der Waals surface area contributed by atoms with E-state index in [0.717, 1.165) is 31.1 Å². The van der Waals surface area contributed by atoms with Crippen LogP contribution in [0.2, 0.25) is 0 Å². The van der Waals surface area contributed by atoms with Gasteiger partial charge in [0.1, 0.15) is 18.1 Å². The highest BCUT2D eigenvalue weighted by molar-refractivity contribution is 5.85. The normalized spacial score (nSPS) is 22.2.